The number of carboxylic acids is 1. The number of hydrogen-bond donors (Lipinski definition) is 2. The van der Waals surface area contributed by atoms with Crippen molar-refractivity contribution in [2.75, 3.05) is 5.73 Å². The second-order valence-electron chi connectivity index (χ2n) is 2.06. The molecule has 0 aliphatic carbocycles. The number of thiol groups is 1. The molecule has 0 atom stereocenters. The Morgan fingerprint density at radius 3 is 2.50 bits per heavy atom. The average Bonchev–Trinajstić information content (AvgIpc) is 1.94. The molecule has 0 aliphatic heterocycles. The van der Waals surface area contributed by atoms with Gasteiger partial charge in [-0.3, -0.25) is 0 Å². The molecule has 1 rings (SSSR count). The molecule has 0 spiro atoms. The van der Waals surface area contributed by atoms with Crippen LogP contribution in [-0.2, 0) is 0 Å². The monoisotopic (exact) mass is 191 g/mol. The first-order valence-corrected chi connectivity index (χ1v) is 3.36. The summed E-state index contributed by atoms with van der Waals surface area (Å²) in [5.74, 6) is -1.23. The van der Waals surface area contributed by atoms with Gasteiger partial charge in [0.05, 0.1) is 5.97 Å². The minimum absolute atomic E-state index is 0. The topological polar surface area (TPSA) is 66.2 Å². The van der Waals surface area contributed by atoms with Gasteiger partial charge in [0.2, 0.25) is 0 Å². The Bertz CT molecular complexity index is 303. The Hall–Kier alpha value is -0.160. The van der Waals surface area contributed by atoms with Crippen LogP contribution in [0.2, 0.25) is 0 Å². The summed E-state index contributed by atoms with van der Waals surface area (Å²) in [7, 11) is 0. The second kappa shape index (κ2) is 4.77. The summed E-state index contributed by atoms with van der Waals surface area (Å²) in [6.45, 7) is 0. The number of rotatable bonds is 1. The third kappa shape index (κ3) is 2.71. The summed E-state index contributed by atoms with van der Waals surface area (Å²) >= 11 is 3.98. The molecule has 0 saturated carbocycles. The van der Waals surface area contributed by atoms with E-state index in [1.54, 1.807) is 0 Å². The quantitative estimate of drug-likeness (QED) is 0.281. The molecular formula is C7H6NNaO2S. The van der Waals surface area contributed by atoms with Crippen molar-refractivity contribution in [3.63, 3.8) is 0 Å². The number of benzene rings is 1. The van der Waals surface area contributed by atoms with Crippen molar-refractivity contribution < 1.29 is 39.5 Å². The number of carbonyl (C=O) groups is 1. The Morgan fingerprint density at radius 1 is 1.50 bits per heavy atom. The maximum absolute atomic E-state index is 10.3. The van der Waals surface area contributed by atoms with Crippen LogP contribution >= 0.6 is 12.6 Å². The summed E-state index contributed by atoms with van der Waals surface area (Å²) in [6.07, 6.45) is 0. The molecule has 0 amide bonds. The fraction of sp³-hybridized carbons (Fsp3) is 0. The Labute approximate surface area is 97.7 Å². The molecule has 2 N–H and O–H groups in total. The Balaban J connectivity index is 0.00000121. The van der Waals surface area contributed by atoms with Crippen molar-refractivity contribution in [3.8, 4) is 0 Å². The number of nitrogens with two attached hydrogens (primary N) is 1. The largest absolute Gasteiger partial charge is 1.00 e. The summed E-state index contributed by atoms with van der Waals surface area (Å²) < 4.78 is 0. The fourth-order valence-corrected chi connectivity index (χ4v) is 0.821. The minimum atomic E-state index is -1.23. The number of carbonyl (C=O) groups excluding carboxylic acids is 1. The zero-order valence-corrected chi connectivity index (χ0v) is 9.47. The Morgan fingerprint density at radius 2 is 2.08 bits per heavy atom. The molecule has 0 fully saturated rings. The van der Waals surface area contributed by atoms with Crippen molar-refractivity contribution in [1.82, 2.24) is 0 Å². The van der Waals surface area contributed by atoms with E-state index < -0.39 is 5.97 Å². The molecule has 0 unspecified atom stereocenters. The summed E-state index contributed by atoms with van der Waals surface area (Å²) in [5.41, 5.74) is 5.80. The van der Waals surface area contributed by atoms with Crippen molar-refractivity contribution >= 4 is 24.3 Å². The standard InChI is InChI=1S/C7H7NO2S.Na/c8-5-3-4(7(9)10)1-2-6(5)11;/h1-3,11H,8H2,(H,9,10);/q;+1/p-1. The molecule has 1 aromatic carbocycles. The minimum Gasteiger partial charge on any atom is -0.545 e. The summed E-state index contributed by atoms with van der Waals surface area (Å²) in [4.78, 5) is 10.8. The van der Waals surface area contributed by atoms with Gasteiger partial charge >= 0.3 is 29.6 Å². The first-order valence-electron chi connectivity index (χ1n) is 2.91. The predicted octanol–water partition coefficient (Wildman–Crippen LogP) is -3.07. The van der Waals surface area contributed by atoms with Crippen LogP contribution < -0.4 is 40.4 Å². The molecule has 1 aromatic rings. The van der Waals surface area contributed by atoms with Gasteiger partial charge in [0.1, 0.15) is 0 Å². The van der Waals surface area contributed by atoms with Gasteiger partial charge < -0.3 is 15.6 Å². The molecule has 12 heavy (non-hydrogen) atoms. The molecule has 0 heterocycles. The zero-order chi connectivity index (χ0) is 8.43. The van der Waals surface area contributed by atoms with E-state index in [2.05, 4.69) is 12.6 Å². The second-order valence-corrected chi connectivity index (χ2v) is 2.54. The average molecular weight is 191 g/mol. The summed E-state index contributed by atoms with van der Waals surface area (Å²) in [6, 6.07) is 4.23. The number of carboxylic acid groups (broad SMARTS) is 1. The molecule has 0 aromatic heterocycles. The van der Waals surface area contributed by atoms with Crippen LogP contribution in [-0.4, -0.2) is 5.97 Å². The van der Waals surface area contributed by atoms with Crippen LogP contribution in [0.5, 0.6) is 0 Å². The van der Waals surface area contributed by atoms with Crippen LogP contribution in [0.1, 0.15) is 10.4 Å². The third-order valence-electron chi connectivity index (χ3n) is 1.26. The molecule has 5 heteroatoms. The zero-order valence-electron chi connectivity index (χ0n) is 6.57. The van der Waals surface area contributed by atoms with Crippen molar-refractivity contribution in [2.24, 2.45) is 0 Å². The molecule has 0 radical (unpaired) electrons. The molecule has 0 bridgehead atoms. The molecule has 0 saturated heterocycles. The predicted molar refractivity (Wildman–Crippen MR) is 42.4 cm³/mol. The smallest absolute Gasteiger partial charge is 0.545 e. The van der Waals surface area contributed by atoms with Gasteiger partial charge in [-0.05, 0) is 17.7 Å². The Kier molecular flexibility index (Phi) is 4.70. The SMILES string of the molecule is Nc1cc(C(=O)[O-])ccc1S.[Na+]. The van der Waals surface area contributed by atoms with Crippen molar-refractivity contribution in [2.45, 2.75) is 4.90 Å². The summed E-state index contributed by atoms with van der Waals surface area (Å²) in [5, 5.41) is 10.3. The van der Waals surface area contributed by atoms with Gasteiger partial charge in [-0.2, -0.15) is 0 Å². The van der Waals surface area contributed by atoms with E-state index >= 15 is 0 Å². The van der Waals surface area contributed by atoms with Crippen molar-refractivity contribution in [3.05, 3.63) is 23.8 Å². The molecular weight excluding hydrogens is 185 g/mol. The number of nitrogen functional groups attached to an aromatic ring is 1. The van der Waals surface area contributed by atoms with Crippen LogP contribution in [0.25, 0.3) is 0 Å². The van der Waals surface area contributed by atoms with Gasteiger partial charge in [-0.1, -0.05) is 6.07 Å². The van der Waals surface area contributed by atoms with E-state index in [9.17, 15) is 9.90 Å². The van der Waals surface area contributed by atoms with E-state index in [-0.39, 0.29) is 35.1 Å². The third-order valence-corrected chi connectivity index (χ3v) is 1.67. The van der Waals surface area contributed by atoms with Gasteiger partial charge in [-0.15, -0.1) is 12.6 Å². The van der Waals surface area contributed by atoms with E-state index in [4.69, 9.17) is 5.73 Å². The number of aromatic carboxylic acids is 1. The van der Waals surface area contributed by atoms with Crippen LogP contribution in [0.3, 0.4) is 0 Å². The van der Waals surface area contributed by atoms with Gasteiger partial charge in [0, 0.05) is 10.6 Å². The first kappa shape index (κ1) is 11.8. The molecule has 3 nitrogen and oxygen atoms in total. The van der Waals surface area contributed by atoms with E-state index in [0.717, 1.165) is 0 Å². The van der Waals surface area contributed by atoms with Gasteiger partial charge in [0.15, 0.2) is 0 Å². The van der Waals surface area contributed by atoms with Crippen LogP contribution in [0.4, 0.5) is 5.69 Å². The maximum Gasteiger partial charge on any atom is 1.00 e. The maximum atomic E-state index is 10.3. The van der Waals surface area contributed by atoms with Crippen LogP contribution in [0.15, 0.2) is 23.1 Å². The van der Waals surface area contributed by atoms with Gasteiger partial charge in [-0.25, -0.2) is 0 Å². The molecule has 58 valence electrons. The molecule has 0 aliphatic rings. The number of hydrogen-bond acceptors (Lipinski definition) is 4. The van der Waals surface area contributed by atoms with Crippen LogP contribution in [0, 0.1) is 0 Å². The normalized spacial score (nSPS) is 8.75. The number of anilines is 1. The van der Waals surface area contributed by atoms with E-state index in [1.165, 1.54) is 18.2 Å². The van der Waals surface area contributed by atoms with E-state index in [0.29, 0.717) is 10.6 Å². The first-order chi connectivity index (χ1) is 5.11. The fourth-order valence-electron chi connectivity index (χ4n) is 0.681. The van der Waals surface area contributed by atoms with Crippen molar-refractivity contribution in [1.29, 1.82) is 0 Å². The van der Waals surface area contributed by atoms with Gasteiger partial charge in [0.25, 0.3) is 0 Å². The van der Waals surface area contributed by atoms with E-state index in [1.807, 2.05) is 0 Å².